The second kappa shape index (κ2) is 4.47. The standard InChI is InChI=1S/C14H24BNOS/c1-4-14-6-5-11-12(7-10(8-14)15-14)18-13(17)16(11)9(2)3/h9-12,15H,4-8H2,1-3H3. The third-order valence-corrected chi connectivity index (χ3v) is 6.76. The van der Waals surface area contributed by atoms with E-state index < -0.39 is 0 Å². The molecule has 0 radical (unpaired) electrons. The molecule has 0 spiro atoms. The lowest BCUT2D eigenvalue weighted by Gasteiger charge is -2.51. The molecule has 2 nitrogen and oxygen atoms in total. The van der Waals surface area contributed by atoms with Gasteiger partial charge in [-0.05, 0) is 26.7 Å². The average Bonchev–Trinajstić information content (AvgIpc) is 2.53. The predicted octanol–water partition coefficient (Wildman–Crippen LogP) is 3.68. The summed E-state index contributed by atoms with van der Waals surface area (Å²) in [6.45, 7) is 6.68. The normalized spacial score (nSPS) is 43.0. The first kappa shape index (κ1) is 12.9. The Kier molecular flexibility index (Phi) is 3.20. The van der Waals surface area contributed by atoms with Gasteiger partial charge in [0.1, 0.15) is 7.28 Å². The van der Waals surface area contributed by atoms with Gasteiger partial charge in [0.25, 0.3) is 5.24 Å². The van der Waals surface area contributed by atoms with Crippen LogP contribution in [0.15, 0.2) is 0 Å². The van der Waals surface area contributed by atoms with E-state index >= 15 is 0 Å². The summed E-state index contributed by atoms with van der Waals surface area (Å²) in [5.41, 5.74) is 0. The SMILES string of the molecule is CCC12BC(CC3SC(=O)N(C(C)C)C3CC1)C2. The van der Waals surface area contributed by atoms with Crippen molar-refractivity contribution in [2.75, 3.05) is 0 Å². The summed E-state index contributed by atoms with van der Waals surface area (Å²) in [5, 5.41) is 1.57. The number of hydrogen-bond donors (Lipinski definition) is 0. The van der Waals surface area contributed by atoms with Crippen molar-refractivity contribution in [3.63, 3.8) is 0 Å². The summed E-state index contributed by atoms with van der Waals surface area (Å²) in [7, 11) is 1.43. The highest BCUT2D eigenvalue weighted by Crippen LogP contribution is 2.60. The summed E-state index contributed by atoms with van der Waals surface area (Å²) in [4.78, 5) is 14.3. The van der Waals surface area contributed by atoms with E-state index in [4.69, 9.17) is 0 Å². The smallest absolute Gasteiger partial charge is 0.282 e. The Morgan fingerprint density at radius 2 is 2.28 bits per heavy atom. The van der Waals surface area contributed by atoms with Crippen LogP contribution in [-0.2, 0) is 0 Å². The van der Waals surface area contributed by atoms with E-state index in [0.29, 0.717) is 27.9 Å². The van der Waals surface area contributed by atoms with Gasteiger partial charge in [0.05, 0.1) is 0 Å². The fourth-order valence-corrected chi connectivity index (χ4v) is 6.01. The summed E-state index contributed by atoms with van der Waals surface area (Å²) in [5.74, 6) is 0.908. The number of rotatable bonds is 2. The second-order valence-electron chi connectivity index (χ2n) is 6.89. The summed E-state index contributed by atoms with van der Waals surface area (Å²) in [6.07, 6.45) is 6.64. The zero-order chi connectivity index (χ0) is 12.9. The van der Waals surface area contributed by atoms with Gasteiger partial charge in [0, 0.05) is 17.3 Å². The molecular weight excluding hydrogens is 241 g/mol. The van der Waals surface area contributed by atoms with Crippen LogP contribution in [-0.4, -0.2) is 34.8 Å². The van der Waals surface area contributed by atoms with E-state index in [2.05, 4.69) is 25.7 Å². The Bertz CT molecular complexity index is 354. The quantitative estimate of drug-likeness (QED) is 0.710. The molecule has 0 aromatic heterocycles. The minimum absolute atomic E-state index is 0.338. The molecule has 0 aromatic rings. The first-order valence-electron chi connectivity index (χ1n) is 7.53. The van der Waals surface area contributed by atoms with Gasteiger partial charge in [-0.1, -0.05) is 49.1 Å². The lowest BCUT2D eigenvalue weighted by atomic mass is 9.28. The Hall–Kier alpha value is -0.115. The second-order valence-corrected chi connectivity index (χ2v) is 8.08. The first-order valence-corrected chi connectivity index (χ1v) is 8.41. The van der Waals surface area contributed by atoms with Crippen molar-refractivity contribution in [3.05, 3.63) is 0 Å². The third kappa shape index (κ3) is 1.91. The number of carbonyl (C=O) groups excluding carboxylic acids is 1. The van der Waals surface area contributed by atoms with Crippen LogP contribution in [0, 0.1) is 0 Å². The minimum atomic E-state index is 0.338. The number of nitrogens with zero attached hydrogens (tertiary/aromatic N) is 1. The van der Waals surface area contributed by atoms with Crippen molar-refractivity contribution < 1.29 is 4.79 Å². The molecule has 100 valence electrons. The topological polar surface area (TPSA) is 20.3 Å². The zero-order valence-electron chi connectivity index (χ0n) is 11.8. The van der Waals surface area contributed by atoms with Crippen molar-refractivity contribution >= 4 is 24.3 Å². The van der Waals surface area contributed by atoms with Crippen LogP contribution in [0.25, 0.3) is 0 Å². The van der Waals surface area contributed by atoms with Crippen molar-refractivity contribution in [3.8, 4) is 0 Å². The average molecular weight is 265 g/mol. The van der Waals surface area contributed by atoms with Gasteiger partial charge in [-0.15, -0.1) is 0 Å². The van der Waals surface area contributed by atoms with E-state index in [1.54, 1.807) is 11.8 Å². The highest BCUT2D eigenvalue weighted by atomic mass is 32.2. The Balaban J connectivity index is 1.78. The first-order chi connectivity index (χ1) is 8.54. The van der Waals surface area contributed by atoms with Crippen molar-refractivity contribution in [2.45, 2.75) is 81.3 Å². The molecule has 4 heteroatoms. The highest BCUT2D eigenvalue weighted by Gasteiger charge is 2.51. The molecule has 4 unspecified atom stereocenters. The van der Waals surface area contributed by atoms with E-state index in [0.717, 1.165) is 5.82 Å². The Morgan fingerprint density at radius 1 is 1.56 bits per heavy atom. The summed E-state index contributed by atoms with van der Waals surface area (Å²) >= 11 is 1.63. The third-order valence-electron chi connectivity index (χ3n) is 5.54. The maximum Gasteiger partial charge on any atom is 0.282 e. The van der Waals surface area contributed by atoms with E-state index in [-0.39, 0.29) is 0 Å². The molecule has 1 amide bonds. The predicted molar refractivity (Wildman–Crippen MR) is 79.9 cm³/mol. The molecule has 1 aliphatic carbocycles. The number of carbonyl (C=O) groups is 1. The van der Waals surface area contributed by atoms with Crippen LogP contribution in [0.4, 0.5) is 4.79 Å². The van der Waals surface area contributed by atoms with E-state index in [1.807, 2.05) is 0 Å². The van der Waals surface area contributed by atoms with Crippen LogP contribution >= 0.6 is 11.8 Å². The van der Waals surface area contributed by atoms with Gasteiger partial charge >= 0.3 is 0 Å². The van der Waals surface area contributed by atoms with Crippen LogP contribution in [0.5, 0.6) is 0 Å². The molecule has 0 N–H and O–H groups in total. The molecule has 3 saturated heterocycles. The van der Waals surface area contributed by atoms with E-state index in [1.165, 1.54) is 39.4 Å². The summed E-state index contributed by atoms with van der Waals surface area (Å²) in [6, 6.07) is 0.893. The van der Waals surface area contributed by atoms with Gasteiger partial charge in [0.15, 0.2) is 0 Å². The Morgan fingerprint density at radius 3 is 2.89 bits per heavy atom. The van der Waals surface area contributed by atoms with Crippen molar-refractivity contribution in [1.82, 2.24) is 4.90 Å². The van der Waals surface area contributed by atoms with Gasteiger partial charge in [0.2, 0.25) is 0 Å². The number of fused-ring (bicyclic) bond motifs is 1. The van der Waals surface area contributed by atoms with Crippen LogP contribution in [0.2, 0.25) is 11.1 Å². The molecule has 3 aliphatic heterocycles. The number of hydrogen-bond acceptors (Lipinski definition) is 2. The molecule has 4 rings (SSSR count). The fourth-order valence-electron chi connectivity index (χ4n) is 4.49. The molecule has 4 aliphatic rings. The lowest BCUT2D eigenvalue weighted by Crippen LogP contribution is -2.47. The molecule has 4 fully saturated rings. The van der Waals surface area contributed by atoms with Gasteiger partial charge in [-0.3, -0.25) is 4.79 Å². The molecule has 4 atom stereocenters. The van der Waals surface area contributed by atoms with Gasteiger partial charge in [-0.2, -0.15) is 0 Å². The molecule has 3 heterocycles. The van der Waals surface area contributed by atoms with Crippen LogP contribution in [0.1, 0.15) is 52.9 Å². The number of thioether (sulfide) groups is 1. The molecule has 1 saturated carbocycles. The van der Waals surface area contributed by atoms with Gasteiger partial charge < -0.3 is 4.90 Å². The van der Waals surface area contributed by atoms with E-state index in [9.17, 15) is 4.79 Å². The highest BCUT2D eigenvalue weighted by molar-refractivity contribution is 8.14. The maximum absolute atomic E-state index is 12.2. The molecule has 18 heavy (non-hydrogen) atoms. The Labute approximate surface area is 115 Å². The molecule has 2 bridgehead atoms. The van der Waals surface area contributed by atoms with Crippen molar-refractivity contribution in [1.29, 1.82) is 0 Å². The number of amides is 1. The molecular formula is C14H24BNOS. The van der Waals surface area contributed by atoms with Crippen molar-refractivity contribution in [2.24, 2.45) is 0 Å². The zero-order valence-corrected chi connectivity index (χ0v) is 12.6. The maximum atomic E-state index is 12.2. The minimum Gasteiger partial charge on any atom is -0.327 e. The monoisotopic (exact) mass is 265 g/mol. The van der Waals surface area contributed by atoms with Gasteiger partial charge in [-0.25, -0.2) is 0 Å². The van der Waals surface area contributed by atoms with Crippen LogP contribution < -0.4 is 0 Å². The largest absolute Gasteiger partial charge is 0.327 e. The molecule has 0 aromatic carbocycles. The fraction of sp³-hybridized carbons (Fsp3) is 0.929. The van der Waals surface area contributed by atoms with Crippen LogP contribution in [0.3, 0.4) is 0 Å². The lowest BCUT2D eigenvalue weighted by molar-refractivity contribution is 0.163. The summed E-state index contributed by atoms with van der Waals surface area (Å²) < 4.78 is 0.